The van der Waals surface area contributed by atoms with Gasteiger partial charge >= 0.3 is 6.18 Å². The molecule has 0 spiro atoms. The van der Waals surface area contributed by atoms with Crippen LogP contribution in [0, 0.1) is 0 Å². The van der Waals surface area contributed by atoms with Crippen molar-refractivity contribution in [3.05, 3.63) is 59.3 Å². The van der Waals surface area contributed by atoms with Crippen molar-refractivity contribution in [2.45, 2.75) is 18.6 Å². The fourth-order valence-electron chi connectivity index (χ4n) is 3.44. The Hall–Kier alpha value is -2.90. The van der Waals surface area contributed by atoms with Crippen LogP contribution in [0.3, 0.4) is 0 Å². The first-order chi connectivity index (χ1) is 12.4. The highest BCUT2D eigenvalue weighted by atomic mass is 19.4. The second kappa shape index (κ2) is 5.82. The second-order valence-electron chi connectivity index (χ2n) is 6.32. The fourth-order valence-corrected chi connectivity index (χ4v) is 3.44. The molecule has 2 aliphatic rings. The Bertz CT molecular complexity index is 845. The molecule has 0 saturated carbocycles. The number of nitrogens with zero attached hydrogens (tertiary/aromatic N) is 3. The van der Waals surface area contributed by atoms with Gasteiger partial charge in [-0.15, -0.1) is 0 Å². The van der Waals surface area contributed by atoms with Gasteiger partial charge in [0.2, 0.25) is 0 Å². The van der Waals surface area contributed by atoms with Crippen LogP contribution in [0.1, 0.15) is 32.7 Å². The molecule has 1 aromatic heterocycles. The molecule has 4 rings (SSSR count). The van der Waals surface area contributed by atoms with Crippen LogP contribution in [-0.2, 0) is 6.18 Å². The summed E-state index contributed by atoms with van der Waals surface area (Å²) in [5.41, 5.74) is -0.0236. The van der Waals surface area contributed by atoms with Crippen LogP contribution < -0.4 is 4.90 Å². The maximum atomic E-state index is 12.6. The van der Waals surface area contributed by atoms with Gasteiger partial charge in [0.25, 0.3) is 11.8 Å². The van der Waals surface area contributed by atoms with Crippen LogP contribution in [0.25, 0.3) is 0 Å². The Kier molecular flexibility index (Phi) is 3.71. The van der Waals surface area contributed by atoms with E-state index in [1.54, 1.807) is 29.2 Å². The van der Waals surface area contributed by atoms with Crippen LogP contribution >= 0.6 is 0 Å². The Balaban J connectivity index is 1.51. The van der Waals surface area contributed by atoms with Crippen molar-refractivity contribution >= 4 is 17.6 Å². The molecule has 1 fully saturated rings. The molecular formula is C18H14F3N3O2. The van der Waals surface area contributed by atoms with Crippen molar-refractivity contribution in [2.24, 2.45) is 0 Å². The van der Waals surface area contributed by atoms with Gasteiger partial charge in [-0.25, -0.2) is 4.98 Å². The lowest BCUT2D eigenvalue weighted by atomic mass is 10.1. The van der Waals surface area contributed by atoms with E-state index >= 15 is 0 Å². The van der Waals surface area contributed by atoms with Crippen LogP contribution in [-0.4, -0.2) is 40.8 Å². The number of fused-ring (bicyclic) bond motifs is 1. The average molecular weight is 361 g/mol. The Morgan fingerprint density at radius 1 is 1.00 bits per heavy atom. The van der Waals surface area contributed by atoms with Crippen molar-refractivity contribution in [3.8, 4) is 0 Å². The van der Waals surface area contributed by atoms with Crippen LogP contribution in [0.15, 0.2) is 42.6 Å². The molecule has 0 aliphatic carbocycles. The molecule has 2 aliphatic heterocycles. The van der Waals surface area contributed by atoms with Crippen molar-refractivity contribution < 1.29 is 22.8 Å². The van der Waals surface area contributed by atoms with E-state index < -0.39 is 11.7 Å². The van der Waals surface area contributed by atoms with Crippen LogP contribution in [0.2, 0.25) is 0 Å². The molecule has 0 radical (unpaired) electrons. The monoisotopic (exact) mass is 361 g/mol. The second-order valence-corrected chi connectivity index (χ2v) is 6.32. The number of hydrogen-bond acceptors (Lipinski definition) is 4. The number of carbonyl (C=O) groups is 2. The van der Waals surface area contributed by atoms with Gasteiger partial charge in [0.15, 0.2) is 0 Å². The van der Waals surface area contributed by atoms with Gasteiger partial charge in [-0.3, -0.25) is 14.5 Å². The van der Waals surface area contributed by atoms with Gasteiger partial charge in [-0.05, 0) is 30.7 Å². The fraction of sp³-hybridized carbons (Fsp3) is 0.278. The summed E-state index contributed by atoms with van der Waals surface area (Å²) in [4.78, 5) is 32.0. The Morgan fingerprint density at radius 3 is 2.19 bits per heavy atom. The number of pyridine rings is 1. The summed E-state index contributed by atoms with van der Waals surface area (Å²) in [6, 6.07) is 8.64. The van der Waals surface area contributed by atoms with Gasteiger partial charge in [0.05, 0.1) is 22.7 Å². The van der Waals surface area contributed by atoms with E-state index in [9.17, 15) is 22.8 Å². The standard InChI is InChI=1S/C18H14F3N3O2/c19-18(20,21)11-5-6-15(22-9-11)23-8-7-12(10-23)24-16(25)13-3-1-2-4-14(13)17(24)26/h1-6,9,12H,7-8,10H2. The number of aromatic nitrogens is 1. The zero-order valence-corrected chi connectivity index (χ0v) is 13.5. The smallest absolute Gasteiger partial charge is 0.354 e. The minimum absolute atomic E-state index is 0.321. The number of rotatable bonds is 2. The summed E-state index contributed by atoms with van der Waals surface area (Å²) in [5.74, 6) is -0.243. The average Bonchev–Trinajstić information content (AvgIpc) is 3.19. The van der Waals surface area contributed by atoms with Crippen molar-refractivity contribution in [1.82, 2.24) is 9.88 Å². The van der Waals surface area contributed by atoms with Gasteiger partial charge in [-0.2, -0.15) is 13.2 Å². The zero-order chi connectivity index (χ0) is 18.5. The molecule has 1 unspecified atom stereocenters. The van der Waals surface area contributed by atoms with E-state index in [0.29, 0.717) is 36.5 Å². The van der Waals surface area contributed by atoms with E-state index in [2.05, 4.69) is 4.98 Å². The number of benzene rings is 1. The topological polar surface area (TPSA) is 53.5 Å². The summed E-state index contributed by atoms with van der Waals surface area (Å²) in [7, 11) is 0. The normalized spacial score (nSPS) is 20.0. The van der Waals surface area contributed by atoms with Crippen LogP contribution in [0.4, 0.5) is 19.0 Å². The molecule has 8 heteroatoms. The molecule has 0 bridgehead atoms. The highest BCUT2D eigenvalue weighted by Gasteiger charge is 2.42. The maximum absolute atomic E-state index is 12.6. The number of halogens is 3. The lowest BCUT2D eigenvalue weighted by Crippen LogP contribution is -2.41. The summed E-state index contributed by atoms with van der Waals surface area (Å²) in [6.45, 7) is 0.861. The number of imide groups is 1. The molecule has 1 atom stereocenters. The summed E-state index contributed by atoms with van der Waals surface area (Å²) < 4.78 is 37.9. The van der Waals surface area contributed by atoms with Gasteiger partial charge in [-0.1, -0.05) is 12.1 Å². The highest BCUT2D eigenvalue weighted by Crippen LogP contribution is 2.32. The van der Waals surface area contributed by atoms with Crippen molar-refractivity contribution in [3.63, 3.8) is 0 Å². The number of amides is 2. The predicted molar refractivity (Wildman–Crippen MR) is 86.8 cm³/mol. The van der Waals surface area contributed by atoms with E-state index in [0.717, 1.165) is 12.3 Å². The lowest BCUT2D eigenvalue weighted by Gasteiger charge is -2.23. The molecule has 3 heterocycles. The lowest BCUT2D eigenvalue weighted by molar-refractivity contribution is -0.137. The highest BCUT2D eigenvalue weighted by molar-refractivity contribution is 6.21. The largest absolute Gasteiger partial charge is 0.417 e. The molecule has 2 aromatic rings. The first-order valence-corrected chi connectivity index (χ1v) is 8.11. The van der Waals surface area contributed by atoms with E-state index in [1.807, 2.05) is 0 Å². The third kappa shape index (κ3) is 2.61. The first-order valence-electron chi connectivity index (χ1n) is 8.11. The number of hydrogen-bond donors (Lipinski definition) is 0. The Morgan fingerprint density at radius 2 is 1.65 bits per heavy atom. The van der Waals surface area contributed by atoms with Crippen LogP contribution in [0.5, 0.6) is 0 Å². The predicted octanol–water partition coefficient (Wildman–Crippen LogP) is 2.98. The minimum Gasteiger partial charge on any atom is -0.354 e. The van der Waals surface area contributed by atoms with E-state index in [4.69, 9.17) is 0 Å². The molecule has 2 amide bonds. The SMILES string of the molecule is O=C1c2ccccc2C(=O)N1C1CCN(c2ccc(C(F)(F)F)cn2)C1. The van der Waals surface area contributed by atoms with Gasteiger partial charge in [0, 0.05) is 19.3 Å². The molecular weight excluding hydrogens is 347 g/mol. The summed E-state index contributed by atoms with van der Waals surface area (Å²) in [5, 5.41) is 0. The first kappa shape index (κ1) is 16.6. The molecule has 5 nitrogen and oxygen atoms in total. The molecule has 1 saturated heterocycles. The maximum Gasteiger partial charge on any atom is 0.417 e. The van der Waals surface area contributed by atoms with Crippen molar-refractivity contribution in [2.75, 3.05) is 18.0 Å². The summed E-state index contributed by atoms with van der Waals surface area (Å²) >= 11 is 0. The molecule has 1 aromatic carbocycles. The quantitative estimate of drug-likeness (QED) is 0.772. The number of anilines is 1. The van der Waals surface area contributed by atoms with Gasteiger partial charge in [0.1, 0.15) is 5.82 Å². The Labute approximate surface area is 147 Å². The third-order valence-electron chi connectivity index (χ3n) is 4.75. The number of alkyl halides is 3. The third-order valence-corrected chi connectivity index (χ3v) is 4.75. The molecule has 26 heavy (non-hydrogen) atoms. The molecule has 0 N–H and O–H groups in total. The number of carbonyl (C=O) groups excluding carboxylic acids is 2. The molecule has 134 valence electrons. The zero-order valence-electron chi connectivity index (χ0n) is 13.5. The van der Waals surface area contributed by atoms with Crippen molar-refractivity contribution in [1.29, 1.82) is 0 Å². The van der Waals surface area contributed by atoms with E-state index in [1.165, 1.54) is 11.0 Å². The van der Waals surface area contributed by atoms with E-state index in [-0.39, 0.29) is 17.9 Å². The summed E-state index contributed by atoms with van der Waals surface area (Å²) in [6.07, 6.45) is -3.09. The van der Waals surface area contributed by atoms with Gasteiger partial charge < -0.3 is 4.90 Å². The minimum atomic E-state index is -4.43.